The van der Waals surface area contributed by atoms with Crippen LogP contribution < -0.4 is 16.0 Å². The molecule has 0 saturated heterocycles. The van der Waals surface area contributed by atoms with Crippen LogP contribution in [-0.2, 0) is 17.9 Å². The summed E-state index contributed by atoms with van der Waals surface area (Å²) in [5, 5.41) is 13.5. The third-order valence-electron chi connectivity index (χ3n) is 2.97. The quantitative estimate of drug-likeness (QED) is 0.377. The Kier molecular flexibility index (Phi) is 8.64. The van der Waals surface area contributed by atoms with Crippen LogP contribution in [0.3, 0.4) is 0 Å². The van der Waals surface area contributed by atoms with Crippen molar-refractivity contribution in [3.63, 3.8) is 0 Å². The van der Waals surface area contributed by atoms with Crippen molar-refractivity contribution in [1.29, 1.82) is 0 Å². The van der Waals surface area contributed by atoms with Gasteiger partial charge in [-0.15, -0.1) is 24.0 Å². The molecule has 5 nitrogen and oxygen atoms in total. The molecule has 1 aromatic carbocycles. The van der Waals surface area contributed by atoms with E-state index in [1.54, 1.807) is 18.4 Å². The molecule has 1 heterocycles. The van der Waals surface area contributed by atoms with Crippen LogP contribution in [0.5, 0.6) is 0 Å². The first-order valence-corrected chi connectivity index (χ1v) is 7.94. The van der Waals surface area contributed by atoms with Crippen LogP contribution in [0.25, 0.3) is 0 Å². The largest absolute Gasteiger partial charge is 0.352 e. The monoisotopic (exact) mass is 444 g/mol. The summed E-state index contributed by atoms with van der Waals surface area (Å²) < 4.78 is 0. The average Bonchev–Trinajstić information content (AvgIpc) is 3.00. The highest BCUT2D eigenvalue weighted by Gasteiger charge is 2.01. The van der Waals surface area contributed by atoms with Gasteiger partial charge in [0.1, 0.15) is 0 Å². The predicted octanol–water partition coefficient (Wildman–Crippen LogP) is 3.19. The van der Waals surface area contributed by atoms with Crippen molar-refractivity contribution in [2.75, 3.05) is 12.4 Å². The summed E-state index contributed by atoms with van der Waals surface area (Å²) in [5.41, 5.74) is 3.11. The fourth-order valence-electron chi connectivity index (χ4n) is 1.95. The summed E-state index contributed by atoms with van der Waals surface area (Å²) >= 11 is 1.68. The Hall–Kier alpha value is -1.61. The van der Waals surface area contributed by atoms with Crippen LogP contribution in [0.15, 0.2) is 46.1 Å². The molecule has 1 amide bonds. The molecule has 2 aromatic rings. The van der Waals surface area contributed by atoms with Crippen molar-refractivity contribution in [3.05, 3.63) is 52.2 Å². The number of benzene rings is 1. The maximum absolute atomic E-state index is 11.1. The van der Waals surface area contributed by atoms with Gasteiger partial charge in [-0.25, -0.2) is 0 Å². The lowest BCUT2D eigenvalue weighted by Gasteiger charge is -2.12. The lowest BCUT2D eigenvalue weighted by molar-refractivity contribution is -0.114. The first-order chi connectivity index (χ1) is 10.7. The molecule has 0 bridgehead atoms. The molecule has 0 aliphatic rings. The van der Waals surface area contributed by atoms with Crippen LogP contribution >= 0.6 is 35.3 Å². The van der Waals surface area contributed by atoms with Gasteiger partial charge in [0, 0.05) is 32.7 Å². The SMILES string of the molecule is CN=C(NCc1ccsc1)NCc1cccc(NC(C)=O)c1.I. The molecular weight excluding hydrogens is 423 g/mol. The Morgan fingerprint density at radius 3 is 2.52 bits per heavy atom. The Bertz CT molecular complexity index is 643. The minimum absolute atomic E-state index is 0. The summed E-state index contributed by atoms with van der Waals surface area (Å²) in [6.45, 7) is 2.88. The van der Waals surface area contributed by atoms with Crippen LogP contribution in [0.2, 0.25) is 0 Å². The van der Waals surface area contributed by atoms with Crippen LogP contribution in [0.4, 0.5) is 5.69 Å². The van der Waals surface area contributed by atoms with Crippen molar-refractivity contribution < 1.29 is 4.79 Å². The molecule has 0 aliphatic heterocycles. The Labute approximate surface area is 157 Å². The number of anilines is 1. The molecular formula is C16H21IN4OS. The first kappa shape index (κ1) is 19.4. The van der Waals surface area contributed by atoms with Gasteiger partial charge in [-0.3, -0.25) is 9.79 Å². The van der Waals surface area contributed by atoms with Crippen molar-refractivity contribution in [2.45, 2.75) is 20.0 Å². The number of carbonyl (C=O) groups excluding carboxylic acids is 1. The van der Waals surface area contributed by atoms with Gasteiger partial charge >= 0.3 is 0 Å². The number of halogens is 1. The lowest BCUT2D eigenvalue weighted by atomic mass is 10.2. The number of nitrogens with zero attached hydrogens (tertiary/aromatic N) is 1. The van der Waals surface area contributed by atoms with Crippen LogP contribution in [0, 0.1) is 0 Å². The molecule has 0 fully saturated rings. The van der Waals surface area contributed by atoms with E-state index in [0.29, 0.717) is 6.54 Å². The van der Waals surface area contributed by atoms with E-state index in [1.807, 2.05) is 24.3 Å². The highest BCUT2D eigenvalue weighted by atomic mass is 127. The second-order valence-electron chi connectivity index (χ2n) is 4.79. The predicted molar refractivity (Wildman–Crippen MR) is 108 cm³/mol. The smallest absolute Gasteiger partial charge is 0.221 e. The number of aliphatic imine (C=N–C) groups is 1. The van der Waals surface area contributed by atoms with Gasteiger partial charge in [-0.2, -0.15) is 11.3 Å². The van der Waals surface area contributed by atoms with E-state index in [4.69, 9.17) is 0 Å². The van der Waals surface area contributed by atoms with Gasteiger partial charge in [-0.1, -0.05) is 12.1 Å². The van der Waals surface area contributed by atoms with Gasteiger partial charge in [0.25, 0.3) is 0 Å². The van der Waals surface area contributed by atoms with Crippen molar-refractivity contribution in [1.82, 2.24) is 10.6 Å². The summed E-state index contributed by atoms with van der Waals surface area (Å²) in [4.78, 5) is 15.3. The minimum Gasteiger partial charge on any atom is -0.352 e. The zero-order valence-electron chi connectivity index (χ0n) is 13.1. The normalized spacial score (nSPS) is 10.6. The molecule has 2 rings (SSSR count). The van der Waals surface area contributed by atoms with E-state index in [1.165, 1.54) is 12.5 Å². The van der Waals surface area contributed by atoms with Crippen LogP contribution in [0.1, 0.15) is 18.1 Å². The van der Waals surface area contributed by atoms with Gasteiger partial charge in [0.2, 0.25) is 5.91 Å². The van der Waals surface area contributed by atoms with E-state index < -0.39 is 0 Å². The Morgan fingerprint density at radius 2 is 1.91 bits per heavy atom. The van der Waals surface area contributed by atoms with Gasteiger partial charge in [-0.05, 0) is 40.1 Å². The van der Waals surface area contributed by atoms with Crippen molar-refractivity contribution >= 4 is 52.9 Å². The van der Waals surface area contributed by atoms with Gasteiger partial charge in [0.05, 0.1) is 0 Å². The number of rotatable bonds is 5. The molecule has 0 aliphatic carbocycles. The second kappa shape index (κ2) is 10.2. The Balaban J connectivity index is 0.00000264. The second-order valence-corrected chi connectivity index (χ2v) is 5.57. The van der Waals surface area contributed by atoms with Crippen molar-refractivity contribution in [3.8, 4) is 0 Å². The van der Waals surface area contributed by atoms with E-state index in [2.05, 4.69) is 37.8 Å². The molecule has 7 heteroatoms. The van der Waals surface area contributed by atoms with Gasteiger partial charge in [0.15, 0.2) is 5.96 Å². The average molecular weight is 444 g/mol. The zero-order valence-corrected chi connectivity index (χ0v) is 16.3. The number of guanidine groups is 1. The molecule has 0 atom stereocenters. The van der Waals surface area contributed by atoms with Crippen molar-refractivity contribution in [2.24, 2.45) is 4.99 Å². The Morgan fingerprint density at radius 1 is 1.17 bits per heavy atom. The van der Waals surface area contributed by atoms with Crippen LogP contribution in [-0.4, -0.2) is 18.9 Å². The number of hydrogen-bond donors (Lipinski definition) is 3. The molecule has 23 heavy (non-hydrogen) atoms. The number of carbonyl (C=O) groups is 1. The van der Waals surface area contributed by atoms with E-state index >= 15 is 0 Å². The topological polar surface area (TPSA) is 65.5 Å². The summed E-state index contributed by atoms with van der Waals surface area (Å²) in [6, 6.07) is 9.82. The fraction of sp³-hybridized carbons (Fsp3) is 0.250. The van der Waals surface area contributed by atoms with Gasteiger partial charge < -0.3 is 16.0 Å². The third kappa shape index (κ3) is 7.00. The molecule has 124 valence electrons. The summed E-state index contributed by atoms with van der Waals surface area (Å²) in [6.07, 6.45) is 0. The lowest BCUT2D eigenvalue weighted by Crippen LogP contribution is -2.36. The molecule has 0 radical (unpaired) electrons. The first-order valence-electron chi connectivity index (χ1n) is 6.99. The number of thiophene rings is 1. The molecule has 0 unspecified atom stereocenters. The third-order valence-corrected chi connectivity index (χ3v) is 3.70. The highest BCUT2D eigenvalue weighted by molar-refractivity contribution is 14.0. The minimum atomic E-state index is -0.0710. The maximum Gasteiger partial charge on any atom is 0.221 e. The molecule has 0 spiro atoms. The highest BCUT2D eigenvalue weighted by Crippen LogP contribution is 2.10. The number of nitrogens with one attached hydrogen (secondary N) is 3. The molecule has 1 aromatic heterocycles. The van der Waals surface area contributed by atoms with E-state index in [9.17, 15) is 4.79 Å². The van der Waals surface area contributed by atoms with E-state index in [-0.39, 0.29) is 29.9 Å². The number of hydrogen-bond acceptors (Lipinski definition) is 3. The van der Waals surface area contributed by atoms with E-state index in [0.717, 1.165) is 23.8 Å². The summed E-state index contributed by atoms with van der Waals surface area (Å²) in [7, 11) is 1.75. The molecule has 3 N–H and O–H groups in total. The molecule has 0 saturated carbocycles. The summed E-state index contributed by atoms with van der Waals surface area (Å²) in [5.74, 6) is 0.675. The zero-order chi connectivity index (χ0) is 15.8. The maximum atomic E-state index is 11.1. The fourth-order valence-corrected chi connectivity index (χ4v) is 2.62. The number of amides is 1. The standard InChI is InChI=1S/C16H20N4OS.HI/c1-12(21)20-15-5-3-4-13(8-15)9-18-16(17-2)19-10-14-6-7-22-11-14;/h3-8,11H,9-10H2,1-2H3,(H,20,21)(H2,17,18,19);1H.